The molecule has 0 aliphatic carbocycles. The number of fused-ring (bicyclic) bond motifs is 1. The second kappa shape index (κ2) is 7.02. The van der Waals surface area contributed by atoms with Crippen molar-refractivity contribution in [2.75, 3.05) is 19.8 Å². The summed E-state index contributed by atoms with van der Waals surface area (Å²) in [5, 5.41) is -1.73. The van der Waals surface area contributed by atoms with Crippen molar-refractivity contribution in [3.8, 4) is 5.75 Å². The third kappa shape index (κ3) is 3.15. The molecule has 2 aliphatic heterocycles. The monoisotopic (exact) mass is 418 g/mol. The van der Waals surface area contributed by atoms with Crippen LogP contribution in [0.15, 0.2) is 35.2 Å². The van der Waals surface area contributed by atoms with Crippen LogP contribution < -0.4 is 4.74 Å². The Kier molecular flexibility index (Phi) is 4.80. The standard InChI is InChI=1S/C18H14F4O5S/c19-9-5-10(20)7-11(6-9)28(23,24)17-12(18-25-3-4-26-18)8-27-16-14(22)2-1-13(21)15(16)17/h1-2,5-7,12,17-18H,3-4,8H2/t12-,17+/m1/s1. The molecular formula is C18H14F4O5S. The summed E-state index contributed by atoms with van der Waals surface area (Å²) in [5.74, 6) is -5.84. The molecule has 0 N–H and O–H groups in total. The van der Waals surface area contributed by atoms with Crippen LogP contribution in [0.5, 0.6) is 5.75 Å². The molecule has 2 aromatic rings. The summed E-state index contributed by atoms with van der Waals surface area (Å²) < 4.78 is 98.7. The predicted molar refractivity (Wildman–Crippen MR) is 87.3 cm³/mol. The molecule has 150 valence electrons. The summed E-state index contributed by atoms with van der Waals surface area (Å²) in [6.45, 7) is 0.0156. The van der Waals surface area contributed by atoms with E-state index in [1.165, 1.54) is 0 Å². The summed E-state index contributed by atoms with van der Waals surface area (Å²) in [6, 6.07) is 3.34. The quantitative estimate of drug-likeness (QED) is 0.717. The van der Waals surface area contributed by atoms with E-state index in [-0.39, 0.29) is 19.8 Å². The van der Waals surface area contributed by atoms with Crippen LogP contribution in [0.2, 0.25) is 0 Å². The zero-order chi connectivity index (χ0) is 20.1. The van der Waals surface area contributed by atoms with Gasteiger partial charge in [0.15, 0.2) is 27.7 Å². The molecule has 0 amide bonds. The molecule has 0 spiro atoms. The lowest BCUT2D eigenvalue weighted by atomic mass is 9.94. The normalized spacial score (nSPS) is 22.7. The molecule has 0 bridgehead atoms. The fourth-order valence-electron chi connectivity index (χ4n) is 3.51. The Balaban J connectivity index is 1.92. The molecule has 0 aromatic heterocycles. The van der Waals surface area contributed by atoms with Crippen LogP contribution in [0.25, 0.3) is 0 Å². The fourth-order valence-corrected chi connectivity index (χ4v) is 5.56. The number of ether oxygens (including phenoxy) is 3. The Morgan fingerprint density at radius 1 is 0.893 bits per heavy atom. The Labute approximate surface area is 157 Å². The van der Waals surface area contributed by atoms with Crippen molar-refractivity contribution in [2.45, 2.75) is 16.4 Å². The Morgan fingerprint density at radius 2 is 1.50 bits per heavy atom. The van der Waals surface area contributed by atoms with Gasteiger partial charge in [-0.25, -0.2) is 26.0 Å². The minimum atomic E-state index is -4.57. The number of halogens is 4. The number of benzene rings is 2. The van der Waals surface area contributed by atoms with Crippen molar-refractivity contribution >= 4 is 9.84 Å². The topological polar surface area (TPSA) is 61.8 Å². The lowest BCUT2D eigenvalue weighted by Crippen LogP contribution is -2.40. The molecule has 2 heterocycles. The second-order valence-electron chi connectivity index (χ2n) is 6.43. The van der Waals surface area contributed by atoms with E-state index in [0.717, 1.165) is 12.1 Å². The Hall–Kier alpha value is -2.17. The van der Waals surface area contributed by atoms with Gasteiger partial charge in [-0.2, -0.15) is 0 Å². The highest BCUT2D eigenvalue weighted by Crippen LogP contribution is 2.47. The zero-order valence-corrected chi connectivity index (χ0v) is 15.0. The lowest BCUT2D eigenvalue weighted by Gasteiger charge is -2.35. The molecule has 2 atom stereocenters. The van der Waals surface area contributed by atoms with E-state index in [1.54, 1.807) is 0 Å². The fraction of sp³-hybridized carbons (Fsp3) is 0.333. The largest absolute Gasteiger partial charge is 0.490 e. The van der Waals surface area contributed by atoms with Crippen LogP contribution >= 0.6 is 0 Å². The molecule has 2 aromatic carbocycles. The maximum absolute atomic E-state index is 14.6. The van der Waals surface area contributed by atoms with E-state index in [0.29, 0.717) is 18.2 Å². The van der Waals surface area contributed by atoms with Crippen LogP contribution in [0, 0.1) is 29.2 Å². The molecule has 5 nitrogen and oxygen atoms in total. The number of hydrogen-bond donors (Lipinski definition) is 0. The third-order valence-corrected chi connectivity index (χ3v) is 6.83. The van der Waals surface area contributed by atoms with Gasteiger partial charge in [0, 0.05) is 6.07 Å². The second-order valence-corrected chi connectivity index (χ2v) is 8.50. The molecule has 0 radical (unpaired) electrons. The lowest BCUT2D eigenvalue weighted by molar-refractivity contribution is -0.0984. The van der Waals surface area contributed by atoms with E-state index >= 15 is 0 Å². The van der Waals surface area contributed by atoms with E-state index in [2.05, 4.69) is 0 Å². The summed E-state index contributed by atoms with van der Waals surface area (Å²) in [5.41, 5.74) is -0.556. The van der Waals surface area contributed by atoms with Crippen LogP contribution in [0.1, 0.15) is 10.8 Å². The molecule has 4 rings (SSSR count). The van der Waals surface area contributed by atoms with Crippen molar-refractivity contribution in [1.82, 2.24) is 0 Å². The molecule has 1 saturated heterocycles. The van der Waals surface area contributed by atoms with Gasteiger partial charge in [-0.3, -0.25) is 0 Å². The Morgan fingerprint density at radius 3 is 2.14 bits per heavy atom. The molecular weight excluding hydrogens is 404 g/mol. The third-order valence-electron chi connectivity index (χ3n) is 4.68. The summed E-state index contributed by atoms with van der Waals surface area (Å²) >= 11 is 0. The molecule has 1 fully saturated rings. The maximum Gasteiger partial charge on any atom is 0.186 e. The number of rotatable bonds is 3. The van der Waals surface area contributed by atoms with Gasteiger partial charge in [-0.05, 0) is 24.3 Å². The SMILES string of the molecule is O=S(=O)(c1cc(F)cc(F)c1)[C@@H]1c2c(F)ccc(F)c2OC[C@H]1C1OCCO1. The van der Waals surface area contributed by atoms with Crippen molar-refractivity contribution in [2.24, 2.45) is 5.92 Å². The minimum Gasteiger partial charge on any atom is -0.490 e. The first-order valence-electron chi connectivity index (χ1n) is 8.33. The first-order chi connectivity index (χ1) is 13.3. The smallest absolute Gasteiger partial charge is 0.186 e. The van der Waals surface area contributed by atoms with E-state index in [9.17, 15) is 26.0 Å². The van der Waals surface area contributed by atoms with E-state index < -0.39 is 66.8 Å². The molecule has 28 heavy (non-hydrogen) atoms. The zero-order valence-electron chi connectivity index (χ0n) is 14.2. The summed E-state index contributed by atoms with van der Waals surface area (Å²) in [6.07, 6.45) is -1.06. The van der Waals surface area contributed by atoms with Gasteiger partial charge in [-0.1, -0.05) is 0 Å². The van der Waals surface area contributed by atoms with Crippen molar-refractivity contribution in [3.05, 3.63) is 59.2 Å². The number of sulfone groups is 1. The predicted octanol–water partition coefficient (Wildman–Crippen LogP) is 3.14. The van der Waals surface area contributed by atoms with Crippen molar-refractivity contribution in [1.29, 1.82) is 0 Å². The first kappa shape index (κ1) is 19.2. The maximum atomic E-state index is 14.6. The molecule has 10 heteroatoms. The van der Waals surface area contributed by atoms with Crippen molar-refractivity contribution < 1.29 is 40.2 Å². The molecule has 2 aliphatic rings. The van der Waals surface area contributed by atoms with Gasteiger partial charge in [0.1, 0.15) is 22.7 Å². The molecule has 0 saturated carbocycles. The van der Waals surface area contributed by atoms with E-state index in [4.69, 9.17) is 14.2 Å². The summed E-state index contributed by atoms with van der Waals surface area (Å²) in [7, 11) is -4.57. The van der Waals surface area contributed by atoms with Gasteiger partial charge in [0.25, 0.3) is 0 Å². The van der Waals surface area contributed by atoms with E-state index in [1.807, 2.05) is 0 Å². The van der Waals surface area contributed by atoms with Crippen LogP contribution in [-0.4, -0.2) is 34.5 Å². The minimum absolute atomic E-state index is 0.182. The van der Waals surface area contributed by atoms with Gasteiger partial charge in [-0.15, -0.1) is 0 Å². The van der Waals surface area contributed by atoms with Gasteiger partial charge in [0.2, 0.25) is 0 Å². The number of hydrogen-bond acceptors (Lipinski definition) is 5. The molecule has 0 unspecified atom stereocenters. The highest BCUT2D eigenvalue weighted by Gasteiger charge is 2.49. The van der Waals surface area contributed by atoms with Crippen LogP contribution in [0.3, 0.4) is 0 Å². The van der Waals surface area contributed by atoms with Crippen LogP contribution in [-0.2, 0) is 19.3 Å². The Bertz CT molecular complexity index is 1000. The van der Waals surface area contributed by atoms with Gasteiger partial charge < -0.3 is 14.2 Å². The van der Waals surface area contributed by atoms with Crippen LogP contribution in [0.4, 0.5) is 17.6 Å². The average Bonchev–Trinajstić information content (AvgIpc) is 3.17. The summed E-state index contributed by atoms with van der Waals surface area (Å²) in [4.78, 5) is -0.700. The highest BCUT2D eigenvalue weighted by molar-refractivity contribution is 7.91. The van der Waals surface area contributed by atoms with Crippen molar-refractivity contribution in [3.63, 3.8) is 0 Å². The highest BCUT2D eigenvalue weighted by atomic mass is 32.2. The average molecular weight is 418 g/mol. The van der Waals surface area contributed by atoms with Gasteiger partial charge >= 0.3 is 0 Å². The first-order valence-corrected chi connectivity index (χ1v) is 9.87. The van der Waals surface area contributed by atoms with Gasteiger partial charge in [0.05, 0.1) is 36.2 Å².